The van der Waals surface area contributed by atoms with Crippen molar-refractivity contribution in [2.45, 2.75) is 50.8 Å². The molecule has 0 unspecified atom stereocenters. The lowest BCUT2D eigenvalue weighted by molar-refractivity contribution is 0.357. The molecule has 112 valence electrons. The molecular formula is C15H24N2O2S. The molecule has 5 heteroatoms. The SMILES string of the molecule is Cc1cc(N)c(S(=O)(=O)NCC2CCCCC2)cc1C. The van der Waals surface area contributed by atoms with Gasteiger partial charge in [-0.1, -0.05) is 19.3 Å². The lowest BCUT2D eigenvalue weighted by Gasteiger charge is -2.22. The molecule has 1 aliphatic rings. The first-order valence-corrected chi connectivity index (χ1v) is 8.75. The molecular weight excluding hydrogens is 272 g/mol. The first-order chi connectivity index (χ1) is 9.40. The third-order valence-corrected chi connectivity index (χ3v) is 5.68. The maximum Gasteiger partial charge on any atom is 0.242 e. The van der Waals surface area contributed by atoms with Crippen molar-refractivity contribution in [3.63, 3.8) is 0 Å². The van der Waals surface area contributed by atoms with Crippen molar-refractivity contribution in [2.75, 3.05) is 12.3 Å². The van der Waals surface area contributed by atoms with E-state index in [2.05, 4.69) is 4.72 Å². The molecule has 0 aromatic heterocycles. The van der Waals surface area contributed by atoms with E-state index in [1.54, 1.807) is 12.1 Å². The van der Waals surface area contributed by atoms with Gasteiger partial charge in [0.1, 0.15) is 4.90 Å². The van der Waals surface area contributed by atoms with Crippen molar-refractivity contribution in [1.82, 2.24) is 4.72 Å². The van der Waals surface area contributed by atoms with Crippen LogP contribution in [0.4, 0.5) is 5.69 Å². The second-order valence-corrected chi connectivity index (χ2v) is 7.57. The summed E-state index contributed by atoms with van der Waals surface area (Å²) in [5, 5.41) is 0. The number of hydrogen-bond acceptors (Lipinski definition) is 3. The molecule has 0 spiro atoms. The number of benzene rings is 1. The van der Waals surface area contributed by atoms with Crippen LogP contribution in [0.15, 0.2) is 17.0 Å². The number of nitrogens with two attached hydrogens (primary N) is 1. The molecule has 0 aliphatic heterocycles. The van der Waals surface area contributed by atoms with Gasteiger partial charge < -0.3 is 5.73 Å². The fourth-order valence-corrected chi connectivity index (χ4v) is 4.05. The molecule has 1 aromatic rings. The predicted molar refractivity (Wildman–Crippen MR) is 82.1 cm³/mol. The maximum absolute atomic E-state index is 12.4. The highest BCUT2D eigenvalue weighted by molar-refractivity contribution is 7.89. The normalized spacial score (nSPS) is 17.3. The van der Waals surface area contributed by atoms with E-state index in [0.29, 0.717) is 18.2 Å². The van der Waals surface area contributed by atoms with Crippen LogP contribution in [-0.2, 0) is 10.0 Å². The van der Waals surface area contributed by atoms with Crippen molar-refractivity contribution in [3.8, 4) is 0 Å². The van der Waals surface area contributed by atoms with Crippen LogP contribution in [0.25, 0.3) is 0 Å². The average Bonchev–Trinajstić information content (AvgIpc) is 2.42. The van der Waals surface area contributed by atoms with Crippen LogP contribution in [0.3, 0.4) is 0 Å². The van der Waals surface area contributed by atoms with Gasteiger partial charge in [-0.05, 0) is 55.9 Å². The summed E-state index contributed by atoms with van der Waals surface area (Å²) < 4.78 is 27.5. The van der Waals surface area contributed by atoms with Gasteiger partial charge in [0.2, 0.25) is 10.0 Å². The summed E-state index contributed by atoms with van der Waals surface area (Å²) in [5.74, 6) is 0.464. The monoisotopic (exact) mass is 296 g/mol. The van der Waals surface area contributed by atoms with Crippen LogP contribution in [0.1, 0.15) is 43.2 Å². The number of nitrogen functional groups attached to an aromatic ring is 1. The van der Waals surface area contributed by atoms with Gasteiger partial charge in [0.05, 0.1) is 5.69 Å². The highest BCUT2D eigenvalue weighted by Crippen LogP contribution is 2.25. The maximum atomic E-state index is 12.4. The van der Waals surface area contributed by atoms with Crippen molar-refractivity contribution in [1.29, 1.82) is 0 Å². The van der Waals surface area contributed by atoms with E-state index in [0.717, 1.165) is 24.0 Å². The zero-order chi connectivity index (χ0) is 14.8. The third-order valence-electron chi connectivity index (χ3n) is 4.20. The van der Waals surface area contributed by atoms with Crippen molar-refractivity contribution < 1.29 is 8.42 Å². The average molecular weight is 296 g/mol. The minimum atomic E-state index is -3.50. The Morgan fingerprint density at radius 3 is 2.40 bits per heavy atom. The Hall–Kier alpha value is -1.07. The van der Waals surface area contributed by atoms with Gasteiger partial charge in [-0.2, -0.15) is 0 Å². The van der Waals surface area contributed by atoms with Crippen molar-refractivity contribution >= 4 is 15.7 Å². The molecule has 0 saturated heterocycles. The van der Waals surface area contributed by atoms with Crippen LogP contribution in [-0.4, -0.2) is 15.0 Å². The van der Waals surface area contributed by atoms with Gasteiger partial charge in [0.15, 0.2) is 0 Å². The summed E-state index contributed by atoms with van der Waals surface area (Å²) in [5.41, 5.74) is 8.14. The lowest BCUT2D eigenvalue weighted by Crippen LogP contribution is -2.31. The summed E-state index contributed by atoms with van der Waals surface area (Å²) in [4.78, 5) is 0.205. The molecule has 2 rings (SSSR count). The Bertz CT molecular complexity index is 576. The molecule has 20 heavy (non-hydrogen) atoms. The number of sulfonamides is 1. The zero-order valence-electron chi connectivity index (χ0n) is 12.3. The van der Waals surface area contributed by atoms with E-state index >= 15 is 0 Å². The fourth-order valence-electron chi connectivity index (χ4n) is 2.74. The third kappa shape index (κ3) is 3.52. The summed E-state index contributed by atoms with van der Waals surface area (Å²) in [6.07, 6.45) is 5.92. The van der Waals surface area contributed by atoms with Crippen LogP contribution in [0.5, 0.6) is 0 Å². The Morgan fingerprint density at radius 2 is 1.75 bits per heavy atom. The smallest absolute Gasteiger partial charge is 0.242 e. The van der Waals surface area contributed by atoms with Crippen LogP contribution < -0.4 is 10.5 Å². The number of anilines is 1. The number of hydrogen-bond donors (Lipinski definition) is 2. The van der Waals surface area contributed by atoms with E-state index in [1.807, 2.05) is 13.8 Å². The second-order valence-electron chi connectivity index (χ2n) is 5.83. The van der Waals surface area contributed by atoms with Gasteiger partial charge in [0, 0.05) is 6.54 Å². The Kier molecular flexibility index (Phi) is 4.70. The van der Waals surface area contributed by atoms with Gasteiger partial charge >= 0.3 is 0 Å². The molecule has 0 atom stereocenters. The highest BCUT2D eigenvalue weighted by atomic mass is 32.2. The lowest BCUT2D eigenvalue weighted by atomic mass is 9.90. The highest BCUT2D eigenvalue weighted by Gasteiger charge is 2.21. The summed E-state index contributed by atoms with van der Waals surface area (Å²) in [6, 6.07) is 3.39. The molecule has 3 N–H and O–H groups in total. The fraction of sp³-hybridized carbons (Fsp3) is 0.600. The molecule has 1 aliphatic carbocycles. The topological polar surface area (TPSA) is 72.2 Å². The van der Waals surface area contributed by atoms with Gasteiger partial charge in [0.25, 0.3) is 0 Å². The first-order valence-electron chi connectivity index (χ1n) is 7.26. The van der Waals surface area contributed by atoms with Crippen LogP contribution >= 0.6 is 0 Å². The molecule has 1 saturated carbocycles. The predicted octanol–water partition coefficient (Wildman–Crippen LogP) is 2.74. The number of aryl methyl sites for hydroxylation is 2. The first kappa shape index (κ1) is 15.3. The van der Waals surface area contributed by atoms with E-state index in [4.69, 9.17) is 5.73 Å². The van der Waals surface area contributed by atoms with Crippen LogP contribution in [0, 0.1) is 19.8 Å². The summed E-state index contributed by atoms with van der Waals surface area (Å²) in [6.45, 7) is 4.35. The Labute approximate surface area is 121 Å². The van der Waals surface area contributed by atoms with E-state index in [9.17, 15) is 8.42 Å². The molecule has 1 aromatic carbocycles. The molecule has 4 nitrogen and oxygen atoms in total. The van der Waals surface area contributed by atoms with E-state index < -0.39 is 10.0 Å². The molecule has 0 amide bonds. The van der Waals surface area contributed by atoms with Crippen LogP contribution in [0.2, 0.25) is 0 Å². The zero-order valence-corrected chi connectivity index (χ0v) is 13.1. The standard InChI is InChI=1S/C15H24N2O2S/c1-11-8-14(16)15(9-12(11)2)20(18,19)17-10-13-6-4-3-5-7-13/h8-9,13,17H,3-7,10,16H2,1-2H3. The number of nitrogens with one attached hydrogen (secondary N) is 1. The van der Waals surface area contributed by atoms with Gasteiger partial charge in [-0.25, -0.2) is 13.1 Å². The van der Waals surface area contributed by atoms with Crippen molar-refractivity contribution in [2.24, 2.45) is 5.92 Å². The molecule has 1 fully saturated rings. The molecule has 0 bridgehead atoms. The Balaban J connectivity index is 2.11. The second kappa shape index (κ2) is 6.14. The van der Waals surface area contributed by atoms with E-state index in [-0.39, 0.29) is 4.90 Å². The largest absolute Gasteiger partial charge is 0.398 e. The Morgan fingerprint density at radius 1 is 1.15 bits per heavy atom. The van der Waals surface area contributed by atoms with Gasteiger partial charge in [-0.15, -0.1) is 0 Å². The minimum absolute atomic E-state index is 0.205. The van der Waals surface area contributed by atoms with E-state index in [1.165, 1.54) is 19.3 Å². The quantitative estimate of drug-likeness (QED) is 0.839. The van der Waals surface area contributed by atoms with Crippen molar-refractivity contribution in [3.05, 3.63) is 23.3 Å². The molecule has 0 radical (unpaired) electrons. The minimum Gasteiger partial charge on any atom is -0.398 e. The molecule has 0 heterocycles. The van der Waals surface area contributed by atoms with Gasteiger partial charge in [-0.3, -0.25) is 0 Å². The summed E-state index contributed by atoms with van der Waals surface area (Å²) in [7, 11) is -3.50. The summed E-state index contributed by atoms with van der Waals surface area (Å²) >= 11 is 0. The number of rotatable bonds is 4.